The van der Waals surface area contributed by atoms with Crippen LogP contribution in [0.5, 0.6) is 0 Å². The quantitative estimate of drug-likeness (QED) is 0.492. The van der Waals surface area contributed by atoms with Crippen molar-refractivity contribution in [1.29, 1.82) is 0 Å². The van der Waals surface area contributed by atoms with Gasteiger partial charge in [-0.1, -0.05) is 20.3 Å². The van der Waals surface area contributed by atoms with Gasteiger partial charge in [0.15, 0.2) is 0 Å². The monoisotopic (exact) mass is 232 g/mol. The maximum atomic E-state index is 6.33. The highest BCUT2D eigenvalue weighted by atomic mass is 35.5. The zero-order valence-corrected chi connectivity index (χ0v) is 10.9. The lowest BCUT2D eigenvalue weighted by atomic mass is 9.80. The summed E-state index contributed by atoms with van der Waals surface area (Å²) in [6, 6.07) is 0. The van der Waals surface area contributed by atoms with Gasteiger partial charge in [-0.25, -0.2) is 0 Å². The fourth-order valence-corrected chi connectivity index (χ4v) is 2.70. The van der Waals surface area contributed by atoms with E-state index in [0.29, 0.717) is 11.3 Å². The molecule has 0 N–H and O–H groups in total. The first-order valence-electron chi connectivity index (χ1n) is 6.45. The average Bonchev–Trinajstić information content (AvgIpc) is 2.23. The van der Waals surface area contributed by atoms with E-state index in [9.17, 15) is 0 Å². The van der Waals surface area contributed by atoms with Crippen molar-refractivity contribution in [3.63, 3.8) is 0 Å². The van der Waals surface area contributed by atoms with E-state index in [4.69, 9.17) is 16.3 Å². The second-order valence-corrected chi connectivity index (χ2v) is 5.51. The smallest absolute Gasteiger partial charge is 0.0469 e. The average molecular weight is 233 g/mol. The highest BCUT2D eigenvalue weighted by Crippen LogP contribution is 2.34. The second kappa shape index (κ2) is 7.51. The summed E-state index contributed by atoms with van der Waals surface area (Å²) in [6.07, 6.45) is 7.36. The highest BCUT2D eigenvalue weighted by molar-refractivity contribution is 6.20. The first-order chi connectivity index (χ1) is 7.24. The molecule has 0 aliphatic heterocycles. The molecular weight excluding hydrogens is 208 g/mol. The summed E-state index contributed by atoms with van der Waals surface area (Å²) in [5.74, 6) is 1.55. The molecular formula is C13H25ClO. The summed E-state index contributed by atoms with van der Waals surface area (Å²) in [4.78, 5) is 0. The summed E-state index contributed by atoms with van der Waals surface area (Å²) in [7, 11) is 0. The number of halogens is 1. The SMILES string of the molecule is CCCCOCCC1CC(C)CCC1Cl. The molecule has 0 heterocycles. The van der Waals surface area contributed by atoms with Gasteiger partial charge in [0.05, 0.1) is 0 Å². The topological polar surface area (TPSA) is 9.23 Å². The number of alkyl halides is 1. The summed E-state index contributed by atoms with van der Waals surface area (Å²) in [5, 5.41) is 0.399. The molecule has 3 unspecified atom stereocenters. The van der Waals surface area contributed by atoms with Gasteiger partial charge in [0, 0.05) is 18.6 Å². The van der Waals surface area contributed by atoms with Gasteiger partial charge in [-0.15, -0.1) is 11.6 Å². The standard InChI is InChI=1S/C13H25ClO/c1-3-4-8-15-9-7-12-10-11(2)5-6-13(12)14/h11-13H,3-10H2,1-2H3. The molecule has 1 aliphatic carbocycles. The summed E-state index contributed by atoms with van der Waals surface area (Å²) in [5.41, 5.74) is 0. The van der Waals surface area contributed by atoms with Gasteiger partial charge < -0.3 is 4.74 Å². The van der Waals surface area contributed by atoms with Crippen LogP contribution in [-0.4, -0.2) is 18.6 Å². The molecule has 0 spiro atoms. The van der Waals surface area contributed by atoms with Gasteiger partial charge in [0.1, 0.15) is 0 Å². The zero-order valence-electron chi connectivity index (χ0n) is 10.2. The fourth-order valence-electron chi connectivity index (χ4n) is 2.34. The van der Waals surface area contributed by atoms with Crippen LogP contribution in [0.15, 0.2) is 0 Å². The molecule has 0 amide bonds. The molecule has 1 nitrogen and oxygen atoms in total. The number of unbranched alkanes of at least 4 members (excludes halogenated alkanes) is 1. The van der Waals surface area contributed by atoms with Crippen molar-refractivity contribution >= 4 is 11.6 Å². The van der Waals surface area contributed by atoms with Crippen molar-refractivity contribution in [1.82, 2.24) is 0 Å². The summed E-state index contributed by atoms with van der Waals surface area (Å²) < 4.78 is 5.60. The third kappa shape index (κ3) is 5.21. The first kappa shape index (κ1) is 13.3. The van der Waals surface area contributed by atoms with Gasteiger partial charge in [0.25, 0.3) is 0 Å². The van der Waals surface area contributed by atoms with Crippen molar-refractivity contribution in [2.45, 2.75) is 57.7 Å². The van der Waals surface area contributed by atoms with Crippen LogP contribution in [0.1, 0.15) is 52.4 Å². The minimum absolute atomic E-state index is 0.399. The zero-order chi connectivity index (χ0) is 11.1. The van der Waals surface area contributed by atoms with Crippen LogP contribution in [-0.2, 0) is 4.74 Å². The Labute approximate surface area is 99.5 Å². The molecule has 15 heavy (non-hydrogen) atoms. The van der Waals surface area contributed by atoms with E-state index in [1.165, 1.54) is 32.1 Å². The Balaban J connectivity index is 2.08. The Morgan fingerprint density at radius 2 is 2.07 bits per heavy atom. The minimum Gasteiger partial charge on any atom is -0.381 e. The molecule has 1 saturated carbocycles. The van der Waals surface area contributed by atoms with E-state index in [1.807, 2.05) is 0 Å². The van der Waals surface area contributed by atoms with Crippen molar-refractivity contribution in [2.75, 3.05) is 13.2 Å². The van der Waals surface area contributed by atoms with Crippen LogP contribution in [0.2, 0.25) is 0 Å². The van der Waals surface area contributed by atoms with Gasteiger partial charge in [0.2, 0.25) is 0 Å². The Morgan fingerprint density at radius 3 is 2.80 bits per heavy atom. The van der Waals surface area contributed by atoms with E-state index >= 15 is 0 Å². The molecule has 0 aromatic carbocycles. The lowest BCUT2D eigenvalue weighted by Gasteiger charge is -2.31. The number of ether oxygens (including phenoxy) is 1. The lowest BCUT2D eigenvalue weighted by molar-refractivity contribution is 0.108. The maximum Gasteiger partial charge on any atom is 0.0469 e. The Bertz CT molecular complexity index is 161. The van der Waals surface area contributed by atoms with Crippen molar-refractivity contribution in [3.8, 4) is 0 Å². The minimum atomic E-state index is 0.399. The Morgan fingerprint density at radius 1 is 1.27 bits per heavy atom. The normalized spacial score (nSPS) is 31.8. The molecule has 0 saturated heterocycles. The van der Waals surface area contributed by atoms with E-state index in [-0.39, 0.29) is 0 Å². The van der Waals surface area contributed by atoms with E-state index in [2.05, 4.69) is 13.8 Å². The van der Waals surface area contributed by atoms with Crippen LogP contribution in [0.25, 0.3) is 0 Å². The van der Waals surface area contributed by atoms with Crippen molar-refractivity contribution in [2.24, 2.45) is 11.8 Å². The fraction of sp³-hybridized carbons (Fsp3) is 1.00. The van der Waals surface area contributed by atoms with Crippen molar-refractivity contribution < 1.29 is 4.74 Å². The molecule has 0 aromatic heterocycles. The first-order valence-corrected chi connectivity index (χ1v) is 6.89. The highest BCUT2D eigenvalue weighted by Gasteiger charge is 2.26. The maximum absolute atomic E-state index is 6.33. The van der Waals surface area contributed by atoms with Crippen LogP contribution >= 0.6 is 11.6 Å². The van der Waals surface area contributed by atoms with E-state index in [0.717, 1.165) is 25.6 Å². The van der Waals surface area contributed by atoms with Crippen LogP contribution in [0.4, 0.5) is 0 Å². The predicted molar refractivity (Wildman–Crippen MR) is 66.5 cm³/mol. The molecule has 1 fully saturated rings. The van der Waals surface area contributed by atoms with E-state index in [1.54, 1.807) is 0 Å². The molecule has 1 aliphatic rings. The lowest BCUT2D eigenvalue weighted by Crippen LogP contribution is -2.25. The Hall–Kier alpha value is 0.250. The molecule has 0 radical (unpaired) electrons. The summed E-state index contributed by atoms with van der Waals surface area (Å²) >= 11 is 6.33. The number of hydrogen-bond donors (Lipinski definition) is 0. The number of hydrogen-bond acceptors (Lipinski definition) is 1. The molecule has 0 bridgehead atoms. The van der Waals surface area contributed by atoms with Gasteiger partial charge in [-0.2, -0.15) is 0 Å². The van der Waals surface area contributed by atoms with Crippen LogP contribution in [0.3, 0.4) is 0 Å². The van der Waals surface area contributed by atoms with Crippen LogP contribution in [0, 0.1) is 11.8 Å². The third-order valence-corrected chi connectivity index (χ3v) is 4.00. The molecule has 2 heteroatoms. The largest absolute Gasteiger partial charge is 0.381 e. The van der Waals surface area contributed by atoms with Gasteiger partial charge in [-0.05, 0) is 43.9 Å². The van der Waals surface area contributed by atoms with Crippen LogP contribution < -0.4 is 0 Å². The Kier molecular flexibility index (Phi) is 6.67. The van der Waals surface area contributed by atoms with E-state index < -0.39 is 0 Å². The second-order valence-electron chi connectivity index (χ2n) is 4.95. The number of rotatable bonds is 6. The predicted octanol–water partition coefficient (Wildman–Crippen LogP) is 4.24. The molecule has 3 atom stereocenters. The third-order valence-electron chi connectivity index (χ3n) is 3.43. The molecule has 90 valence electrons. The molecule has 1 rings (SSSR count). The molecule has 0 aromatic rings. The van der Waals surface area contributed by atoms with Gasteiger partial charge in [-0.3, -0.25) is 0 Å². The summed E-state index contributed by atoms with van der Waals surface area (Å²) in [6.45, 7) is 6.36. The van der Waals surface area contributed by atoms with Crippen molar-refractivity contribution in [3.05, 3.63) is 0 Å². The van der Waals surface area contributed by atoms with Gasteiger partial charge >= 0.3 is 0 Å².